The van der Waals surface area contributed by atoms with Gasteiger partial charge in [0.05, 0.1) is 47.9 Å². The van der Waals surface area contributed by atoms with Crippen molar-refractivity contribution in [2.45, 2.75) is 25.4 Å². The van der Waals surface area contributed by atoms with E-state index in [2.05, 4.69) is 22.0 Å². The molecule has 0 radical (unpaired) electrons. The molecule has 1 aliphatic heterocycles. The van der Waals surface area contributed by atoms with Gasteiger partial charge in [-0.2, -0.15) is 0 Å². The molecule has 0 spiro atoms. The highest BCUT2D eigenvalue weighted by molar-refractivity contribution is 7.18. The van der Waals surface area contributed by atoms with Crippen LogP contribution in [0.4, 0.5) is 0 Å². The van der Waals surface area contributed by atoms with Gasteiger partial charge in [-0.1, -0.05) is 12.1 Å². The lowest BCUT2D eigenvalue weighted by Gasteiger charge is -2.22. The van der Waals surface area contributed by atoms with Gasteiger partial charge in [0.2, 0.25) is 0 Å². The monoisotopic (exact) mass is 422 g/mol. The van der Waals surface area contributed by atoms with E-state index in [1.165, 1.54) is 4.70 Å². The Morgan fingerprint density at radius 3 is 2.73 bits per heavy atom. The van der Waals surface area contributed by atoms with Gasteiger partial charge < -0.3 is 14.5 Å². The summed E-state index contributed by atoms with van der Waals surface area (Å²) in [5.74, 6) is 1.72. The van der Waals surface area contributed by atoms with E-state index in [4.69, 9.17) is 19.4 Å². The number of thiazole rings is 1. The van der Waals surface area contributed by atoms with Gasteiger partial charge in [0, 0.05) is 6.07 Å². The summed E-state index contributed by atoms with van der Waals surface area (Å²) in [6.07, 6.45) is 2.16. The number of hydrogen-bond donors (Lipinski definition) is 1. The molecule has 4 aromatic rings. The molecule has 30 heavy (non-hydrogen) atoms. The molecule has 7 nitrogen and oxygen atoms in total. The molecule has 2 aromatic carbocycles. The van der Waals surface area contributed by atoms with Crippen LogP contribution in [0.25, 0.3) is 21.1 Å². The lowest BCUT2D eigenvalue weighted by Crippen LogP contribution is -2.25. The van der Waals surface area contributed by atoms with E-state index in [-0.39, 0.29) is 11.6 Å². The van der Waals surface area contributed by atoms with Crippen molar-refractivity contribution in [1.82, 2.24) is 19.9 Å². The zero-order chi connectivity index (χ0) is 20.7. The van der Waals surface area contributed by atoms with Crippen LogP contribution in [0.2, 0.25) is 0 Å². The molecular weight excluding hydrogens is 400 g/mol. The molecule has 1 N–H and O–H groups in total. The molecule has 0 bridgehead atoms. The van der Waals surface area contributed by atoms with Gasteiger partial charge in [-0.3, -0.25) is 9.69 Å². The van der Waals surface area contributed by atoms with Crippen molar-refractivity contribution >= 4 is 32.5 Å². The lowest BCUT2D eigenvalue weighted by molar-refractivity contribution is 0.242. The third-order valence-electron chi connectivity index (χ3n) is 5.57. The van der Waals surface area contributed by atoms with Crippen molar-refractivity contribution in [2.75, 3.05) is 20.8 Å². The molecule has 0 aliphatic carbocycles. The van der Waals surface area contributed by atoms with Gasteiger partial charge in [-0.25, -0.2) is 9.97 Å². The highest BCUT2D eigenvalue weighted by Crippen LogP contribution is 2.37. The quantitative estimate of drug-likeness (QED) is 0.526. The van der Waals surface area contributed by atoms with Gasteiger partial charge in [0.25, 0.3) is 5.56 Å². The van der Waals surface area contributed by atoms with Crippen LogP contribution in [-0.4, -0.2) is 40.6 Å². The molecule has 1 atom stereocenters. The van der Waals surface area contributed by atoms with E-state index in [9.17, 15) is 4.79 Å². The molecular formula is C22H22N4O3S. The summed E-state index contributed by atoms with van der Waals surface area (Å²) in [6.45, 7) is 1.52. The van der Waals surface area contributed by atoms with Gasteiger partial charge >= 0.3 is 0 Å². The molecule has 1 fully saturated rings. The third kappa shape index (κ3) is 3.32. The first kappa shape index (κ1) is 19.0. The predicted molar refractivity (Wildman–Crippen MR) is 117 cm³/mol. The zero-order valence-electron chi connectivity index (χ0n) is 16.8. The Bertz CT molecular complexity index is 1250. The molecule has 1 aliphatic rings. The smallest absolute Gasteiger partial charge is 0.258 e. The summed E-state index contributed by atoms with van der Waals surface area (Å²) < 4.78 is 11.9. The molecule has 8 heteroatoms. The number of likely N-dealkylation sites (tertiary alicyclic amines) is 1. The maximum atomic E-state index is 12.7. The van der Waals surface area contributed by atoms with Crippen LogP contribution in [0.1, 0.15) is 29.7 Å². The van der Waals surface area contributed by atoms with E-state index < -0.39 is 0 Å². The fraction of sp³-hybridized carbons (Fsp3) is 0.318. The van der Waals surface area contributed by atoms with Crippen molar-refractivity contribution < 1.29 is 9.47 Å². The average molecular weight is 423 g/mol. The van der Waals surface area contributed by atoms with Gasteiger partial charge in [0.15, 0.2) is 11.5 Å². The molecule has 2 aromatic heterocycles. The minimum absolute atomic E-state index is 0.174. The zero-order valence-corrected chi connectivity index (χ0v) is 17.7. The third-order valence-corrected chi connectivity index (χ3v) is 6.71. The van der Waals surface area contributed by atoms with E-state index in [1.807, 2.05) is 12.1 Å². The van der Waals surface area contributed by atoms with E-state index in [0.717, 1.165) is 29.9 Å². The van der Waals surface area contributed by atoms with Crippen LogP contribution in [-0.2, 0) is 6.54 Å². The predicted octanol–water partition coefficient (Wildman–Crippen LogP) is 3.89. The summed E-state index contributed by atoms with van der Waals surface area (Å²) >= 11 is 1.75. The number of nitrogens with one attached hydrogen (secondary N) is 1. The number of rotatable bonds is 5. The molecule has 5 rings (SSSR count). The summed E-state index contributed by atoms with van der Waals surface area (Å²) in [5, 5.41) is 1.61. The summed E-state index contributed by atoms with van der Waals surface area (Å²) in [4.78, 5) is 27.5. The Labute approximate surface area is 177 Å². The number of fused-ring (bicyclic) bond motifs is 2. The Balaban J connectivity index is 1.47. The minimum Gasteiger partial charge on any atom is -0.493 e. The topological polar surface area (TPSA) is 80.3 Å². The molecule has 154 valence electrons. The highest BCUT2D eigenvalue weighted by atomic mass is 32.1. The first-order valence-electron chi connectivity index (χ1n) is 9.90. The Hall–Kier alpha value is -2.97. The SMILES string of the molecule is COc1cc2nc(CN3CCC[C@H]3c3nc4ccccc4s3)[nH]c(=O)c2cc1OC. The van der Waals surface area contributed by atoms with Crippen LogP contribution < -0.4 is 15.0 Å². The van der Waals surface area contributed by atoms with E-state index in [1.54, 1.807) is 37.7 Å². The second-order valence-electron chi connectivity index (χ2n) is 7.39. The van der Waals surface area contributed by atoms with Crippen molar-refractivity contribution in [2.24, 2.45) is 0 Å². The second-order valence-corrected chi connectivity index (χ2v) is 8.45. The summed E-state index contributed by atoms with van der Waals surface area (Å²) in [7, 11) is 3.12. The van der Waals surface area contributed by atoms with Crippen LogP contribution >= 0.6 is 11.3 Å². The molecule has 0 unspecified atom stereocenters. The Morgan fingerprint density at radius 2 is 1.93 bits per heavy atom. The van der Waals surface area contributed by atoms with Crippen molar-refractivity contribution in [3.05, 3.63) is 57.6 Å². The van der Waals surface area contributed by atoms with E-state index >= 15 is 0 Å². The van der Waals surface area contributed by atoms with E-state index in [0.29, 0.717) is 34.8 Å². The van der Waals surface area contributed by atoms with Crippen molar-refractivity contribution in [1.29, 1.82) is 0 Å². The van der Waals surface area contributed by atoms with Crippen molar-refractivity contribution in [3.63, 3.8) is 0 Å². The molecule has 0 saturated carbocycles. The fourth-order valence-corrected chi connectivity index (χ4v) is 5.25. The number of hydrogen-bond acceptors (Lipinski definition) is 7. The first-order valence-corrected chi connectivity index (χ1v) is 10.7. The Kier molecular flexibility index (Phi) is 4.88. The van der Waals surface area contributed by atoms with Crippen molar-refractivity contribution in [3.8, 4) is 11.5 Å². The average Bonchev–Trinajstić information content (AvgIpc) is 3.39. The van der Waals surface area contributed by atoms with Gasteiger partial charge in [-0.05, 0) is 37.6 Å². The number of ether oxygens (including phenoxy) is 2. The number of aromatic amines is 1. The number of H-pyrrole nitrogens is 1. The highest BCUT2D eigenvalue weighted by Gasteiger charge is 2.29. The maximum Gasteiger partial charge on any atom is 0.258 e. The lowest BCUT2D eigenvalue weighted by atomic mass is 10.2. The van der Waals surface area contributed by atoms with Crippen LogP contribution in [0.5, 0.6) is 11.5 Å². The largest absolute Gasteiger partial charge is 0.493 e. The van der Waals surface area contributed by atoms with Crippen LogP contribution in [0, 0.1) is 0 Å². The Morgan fingerprint density at radius 1 is 1.13 bits per heavy atom. The second kappa shape index (κ2) is 7.70. The molecule has 1 saturated heterocycles. The van der Waals surface area contributed by atoms with Crippen LogP contribution in [0.3, 0.4) is 0 Å². The number of benzene rings is 2. The summed E-state index contributed by atoms with van der Waals surface area (Å²) in [5.41, 5.74) is 1.47. The maximum absolute atomic E-state index is 12.7. The standard InChI is InChI=1S/C22H22N4O3S/c1-28-17-10-13-15(11-18(17)29-2)23-20(25-21(13)27)12-26-9-5-7-16(26)22-24-14-6-3-4-8-19(14)30-22/h3-4,6,8,10-11,16H,5,7,9,12H2,1-2H3,(H,23,25,27)/t16-/m0/s1. The molecule has 3 heterocycles. The normalized spacial score (nSPS) is 17.1. The van der Waals surface area contributed by atoms with Crippen LogP contribution in [0.15, 0.2) is 41.2 Å². The number of methoxy groups -OCH3 is 2. The number of aromatic nitrogens is 3. The number of nitrogens with zero attached hydrogens (tertiary/aromatic N) is 3. The van der Waals surface area contributed by atoms with Gasteiger partial charge in [-0.15, -0.1) is 11.3 Å². The molecule has 0 amide bonds. The fourth-order valence-electron chi connectivity index (χ4n) is 4.11. The summed E-state index contributed by atoms with van der Waals surface area (Å²) in [6, 6.07) is 11.9. The van der Waals surface area contributed by atoms with Gasteiger partial charge in [0.1, 0.15) is 10.8 Å². The number of para-hydroxylation sites is 1. The minimum atomic E-state index is -0.174. The first-order chi connectivity index (χ1) is 14.7.